The van der Waals surface area contributed by atoms with Crippen LogP contribution in [0.15, 0.2) is 120 Å². The first kappa shape index (κ1) is 25.4. The Morgan fingerprint density at radius 1 is 0.767 bits per heavy atom. The maximum absolute atomic E-state index is 14.7. The summed E-state index contributed by atoms with van der Waals surface area (Å²) < 4.78 is 0. The van der Waals surface area contributed by atoms with Crippen LogP contribution in [0.5, 0.6) is 0 Å². The van der Waals surface area contributed by atoms with Crippen molar-refractivity contribution >= 4 is 40.4 Å². The molecule has 2 bridgehead atoms. The summed E-state index contributed by atoms with van der Waals surface area (Å²) in [7, 11) is 0. The predicted molar refractivity (Wildman–Crippen MR) is 166 cm³/mol. The number of hydrogen-bond acceptors (Lipinski definition) is 4. The standard InChI is InChI=1S/C37H27N3O3/c1-22-17-19-24(20-18-22)34(41)39-38-21-37-28-14-6-4-12-26(28)31(27-13-5-7-15-29(27)37)32-33(37)36(43)40(35(32)42)30-16-8-10-23-9-2-3-11-25(23)30/h2-21,31-33H,1H3,(H,39,41)/b38-21+/t31?,32-,33-,37?/m0/s1. The van der Waals surface area contributed by atoms with Gasteiger partial charge in [-0.2, -0.15) is 5.10 Å². The highest BCUT2D eigenvalue weighted by Crippen LogP contribution is 2.63. The third kappa shape index (κ3) is 3.47. The lowest BCUT2D eigenvalue weighted by atomic mass is 9.47. The molecule has 1 aliphatic heterocycles. The highest BCUT2D eigenvalue weighted by molar-refractivity contribution is 6.27. The fraction of sp³-hybridized carbons (Fsp3) is 0.135. The van der Waals surface area contributed by atoms with E-state index < -0.39 is 17.3 Å². The summed E-state index contributed by atoms with van der Waals surface area (Å²) in [6.07, 6.45) is 1.70. The second kappa shape index (κ2) is 9.33. The zero-order valence-corrected chi connectivity index (χ0v) is 23.4. The zero-order chi connectivity index (χ0) is 29.3. The number of benzene rings is 5. The van der Waals surface area contributed by atoms with E-state index in [-0.39, 0.29) is 23.6 Å². The number of carbonyl (C=O) groups is 3. The van der Waals surface area contributed by atoms with Crippen molar-refractivity contribution < 1.29 is 14.4 Å². The van der Waals surface area contributed by atoms with Crippen LogP contribution >= 0.6 is 0 Å². The molecule has 208 valence electrons. The van der Waals surface area contributed by atoms with Gasteiger partial charge in [-0.1, -0.05) is 103 Å². The molecule has 3 amide bonds. The van der Waals surface area contributed by atoms with Crippen LogP contribution in [0.4, 0.5) is 5.69 Å². The van der Waals surface area contributed by atoms with Gasteiger partial charge in [-0.25, -0.2) is 10.3 Å². The molecule has 5 aromatic carbocycles. The Bertz CT molecular complexity index is 1960. The normalized spacial score (nSPS) is 23.4. The maximum Gasteiger partial charge on any atom is 0.271 e. The van der Waals surface area contributed by atoms with E-state index in [1.165, 1.54) is 4.90 Å². The van der Waals surface area contributed by atoms with Gasteiger partial charge in [-0.3, -0.25) is 14.4 Å². The molecule has 9 rings (SSSR count). The van der Waals surface area contributed by atoms with E-state index in [0.29, 0.717) is 11.3 Å². The van der Waals surface area contributed by atoms with E-state index in [1.807, 2.05) is 97.9 Å². The Kier molecular flexibility index (Phi) is 5.50. The Morgan fingerprint density at radius 2 is 1.40 bits per heavy atom. The molecule has 0 aromatic heterocycles. The highest BCUT2D eigenvalue weighted by Gasteiger charge is 2.68. The van der Waals surface area contributed by atoms with Crippen LogP contribution in [0.3, 0.4) is 0 Å². The summed E-state index contributed by atoms with van der Waals surface area (Å²) >= 11 is 0. The number of amides is 3. The number of carbonyl (C=O) groups excluding carboxylic acids is 3. The molecule has 2 atom stereocenters. The first-order chi connectivity index (χ1) is 21.0. The minimum Gasteiger partial charge on any atom is -0.274 e. The van der Waals surface area contributed by atoms with Crippen LogP contribution in [-0.2, 0) is 15.0 Å². The molecule has 1 heterocycles. The molecule has 1 saturated heterocycles. The predicted octanol–water partition coefficient (Wildman–Crippen LogP) is 6.11. The monoisotopic (exact) mass is 561 g/mol. The summed E-state index contributed by atoms with van der Waals surface area (Å²) in [4.78, 5) is 43.7. The van der Waals surface area contributed by atoms with E-state index in [1.54, 1.807) is 18.3 Å². The van der Waals surface area contributed by atoms with E-state index in [4.69, 9.17) is 0 Å². The molecule has 5 aromatic rings. The van der Waals surface area contributed by atoms with Gasteiger partial charge in [0.15, 0.2) is 0 Å². The third-order valence-electron chi connectivity index (χ3n) is 9.44. The first-order valence-electron chi connectivity index (χ1n) is 14.5. The second-order valence-electron chi connectivity index (χ2n) is 11.6. The quantitative estimate of drug-likeness (QED) is 0.163. The maximum atomic E-state index is 14.7. The van der Waals surface area contributed by atoms with Crippen LogP contribution < -0.4 is 10.3 Å². The van der Waals surface area contributed by atoms with Crippen molar-refractivity contribution in [2.75, 3.05) is 4.90 Å². The number of nitrogens with zero attached hydrogens (tertiary/aromatic N) is 2. The number of rotatable bonds is 4. The van der Waals surface area contributed by atoms with Gasteiger partial charge in [0.2, 0.25) is 11.8 Å². The Labute approximate surface area is 248 Å². The van der Waals surface area contributed by atoms with Crippen molar-refractivity contribution in [2.24, 2.45) is 16.9 Å². The van der Waals surface area contributed by atoms with Gasteiger partial charge < -0.3 is 0 Å². The van der Waals surface area contributed by atoms with Crippen LogP contribution in [0, 0.1) is 18.8 Å². The van der Waals surface area contributed by atoms with Crippen molar-refractivity contribution in [1.82, 2.24) is 5.43 Å². The number of nitrogens with one attached hydrogen (secondary N) is 1. The molecular weight excluding hydrogens is 534 g/mol. The SMILES string of the molecule is Cc1ccc(C(=O)N/N=C/C23c4ccccc4C(c4ccccc42)[C@@H]2C(=O)N(c4cccc5ccccc45)C(=O)[C@H]23)cc1. The molecule has 0 radical (unpaired) electrons. The van der Waals surface area contributed by atoms with Gasteiger partial charge in [-0.05, 0) is 52.8 Å². The number of anilines is 1. The third-order valence-corrected chi connectivity index (χ3v) is 9.44. The van der Waals surface area contributed by atoms with Gasteiger partial charge in [0.1, 0.15) is 0 Å². The molecule has 1 fully saturated rings. The minimum atomic E-state index is -1.06. The summed E-state index contributed by atoms with van der Waals surface area (Å²) in [6.45, 7) is 1.96. The molecule has 1 N–H and O–H groups in total. The van der Waals surface area contributed by atoms with Crippen molar-refractivity contribution in [3.05, 3.63) is 149 Å². The lowest BCUT2D eigenvalue weighted by Crippen LogP contribution is -2.54. The molecule has 6 heteroatoms. The first-order valence-corrected chi connectivity index (χ1v) is 14.5. The lowest BCUT2D eigenvalue weighted by Gasteiger charge is -2.52. The topological polar surface area (TPSA) is 78.8 Å². The highest BCUT2D eigenvalue weighted by atomic mass is 16.2. The smallest absolute Gasteiger partial charge is 0.271 e. The number of hydrazone groups is 1. The molecular formula is C37H27N3O3. The molecule has 6 nitrogen and oxygen atoms in total. The van der Waals surface area contributed by atoms with E-state index in [2.05, 4.69) is 22.7 Å². The Hall–Kier alpha value is -5.36. The minimum absolute atomic E-state index is 0.207. The van der Waals surface area contributed by atoms with Gasteiger partial charge in [-0.15, -0.1) is 0 Å². The molecule has 0 unspecified atom stereocenters. The van der Waals surface area contributed by atoms with Gasteiger partial charge in [0.05, 0.1) is 22.9 Å². The zero-order valence-electron chi connectivity index (χ0n) is 23.4. The summed E-state index contributed by atoms with van der Waals surface area (Å²) in [5.41, 5.74) is 7.68. The van der Waals surface area contributed by atoms with Crippen LogP contribution in [-0.4, -0.2) is 23.9 Å². The fourth-order valence-corrected chi connectivity index (χ4v) is 7.65. The number of aryl methyl sites for hydroxylation is 1. The van der Waals surface area contributed by atoms with Crippen LogP contribution in [0.2, 0.25) is 0 Å². The van der Waals surface area contributed by atoms with Gasteiger partial charge in [0, 0.05) is 23.1 Å². The number of imide groups is 1. The van der Waals surface area contributed by atoms with Crippen molar-refractivity contribution in [2.45, 2.75) is 18.3 Å². The fourth-order valence-electron chi connectivity index (χ4n) is 7.65. The van der Waals surface area contributed by atoms with Crippen molar-refractivity contribution in [1.29, 1.82) is 0 Å². The van der Waals surface area contributed by atoms with Crippen LogP contribution in [0.25, 0.3) is 10.8 Å². The number of fused-ring (bicyclic) bond motifs is 1. The number of hydrogen-bond donors (Lipinski definition) is 1. The molecule has 3 aliphatic carbocycles. The second-order valence-corrected chi connectivity index (χ2v) is 11.6. The van der Waals surface area contributed by atoms with E-state index in [9.17, 15) is 14.4 Å². The summed E-state index contributed by atoms with van der Waals surface area (Å²) in [5.74, 6) is -2.42. The van der Waals surface area contributed by atoms with E-state index >= 15 is 0 Å². The van der Waals surface area contributed by atoms with Crippen LogP contribution in [0.1, 0.15) is 44.1 Å². The van der Waals surface area contributed by atoms with Gasteiger partial charge in [0.25, 0.3) is 5.91 Å². The Balaban J connectivity index is 1.31. The average Bonchev–Trinajstić information content (AvgIpc) is 3.31. The largest absolute Gasteiger partial charge is 0.274 e. The van der Waals surface area contributed by atoms with E-state index in [0.717, 1.165) is 38.6 Å². The Morgan fingerprint density at radius 3 is 2.12 bits per heavy atom. The lowest BCUT2D eigenvalue weighted by molar-refractivity contribution is -0.122. The average molecular weight is 562 g/mol. The van der Waals surface area contributed by atoms with Gasteiger partial charge >= 0.3 is 0 Å². The molecule has 0 spiro atoms. The summed E-state index contributed by atoms with van der Waals surface area (Å²) in [5, 5.41) is 6.33. The van der Waals surface area contributed by atoms with Crippen molar-refractivity contribution in [3.8, 4) is 0 Å². The van der Waals surface area contributed by atoms with Crippen molar-refractivity contribution in [3.63, 3.8) is 0 Å². The summed E-state index contributed by atoms with van der Waals surface area (Å²) in [6, 6.07) is 36.8. The molecule has 43 heavy (non-hydrogen) atoms. The molecule has 0 saturated carbocycles. The molecule has 4 aliphatic rings.